The summed E-state index contributed by atoms with van der Waals surface area (Å²) in [6, 6.07) is 3.35. The molecule has 1 aromatic heterocycles. The van der Waals surface area contributed by atoms with Crippen LogP contribution in [0.15, 0.2) is 24.3 Å². The van der Waals surface area contributed by atoms with Crippen molar-refractivity contribution in [2.24, 2.45) is 0 Å². The highest BCUT2D eigenvalue weighted by Gasteiger charge is 2.18. The highest BCUT2D eigenvalue weighted by atomic mass is 19.1. The van der Waals surface area contributed by atoms with Gasteiger partial charge in [-0.25, -0.2) is 18.0 Å². The molecule has 2 rings (SSSR count). The smallest absolute Gasteiger partial charge is 0.339 e. The first-order chi connectivity index (χ1) is 9.92. The van der Waals surface area contributed by atoms with Crippen molar-refractivity contribution < 1.29 is 27.8 Å². The number of benzene rings is 1. The van der Waals surface area contributed by atoms with Crippen molar-refractivity contribution in [3.8, 4) is 5.88 Å². The zero-order chi connectivity index (χ0) is 15.6. The Kier molecular flexibility index (Phi) is 3.97. The predicted octanol–water partition coefficient (Wildman–Crippen LogP) is 2.95. The van der Waals surface area contributed by atoms with Gasteiger partial charge < -0.3 is 15.2 Å². The number of halogens is 3. The highest BCUT2D eigenvalue weighted by Crippen LogP contribution is 2.26. The highest BCUT2D eigenvalue weighted by molar-refractivity contribution is 5.94. The van der Waals surface area contributed by atoms with Gasteiger partial charge in [-0.2, -0.15) is 4.98 Å². The summed E-state index contributed by atoms with van der Waals surface area (Å²) in [6.07, 6.45) is 0. The summed E-state index contributed by atoms with van der Waals surface area (Å²) in [5.74, 6) is -4.96. The van der Waals surface area contributed by atoms with Gasteiger partial charge in [-0.1, -0.05) is 0 Å². The Morgan fingerprint density at radius 3 is 2.52 bits per heavy atom. The summed E-state index contributed by atoms with van der Waals surface area (Å²) in [5.41, 5.74) is -0.725. The molecule has 0 unspecified atom stereocenters. The number of hydrogen-bond donors (Lipinski definition) is 2. The van der Waals surface area contributed by atoms with Gasteiger partial charge >= 0.3 is 5.97 Å². The number of rotatable bonds is 4. The van der Waals surface area contributed by atoms with E-state index >= 15 is 0 Å². The number of carboxylic acid groups (broad SMARTS) is 1. The molecule has 0 radical (unpaired) electrons. The molecule has 110 valence electrons. The minimum Gasteiger partial charge on any atom is -0.479 e. The Hall–Kier alpha value is -2.77. The molecule has 5 nitrogen and oxygen atoms in total. The summed E-state index contributed by atoms with van der Waals surface area (Å²) < 4.78 is 44.5. The van der Waals surface area contributed by atoms with Crippen molar-refractivity contribution in [2.45, 2.75) is 0 Å². The summed E-state index contributed by atoms with van der Waals surface area (Å²) >= 11 is 0. The van der Waals surface area contributed by atoms with Gasteiger partial charge in [-0.05, 0) is 18.2 Å². The van der Waals surface area contributed by atoms with Crippen LogP contribution < -0.4 is 10.1 Å². The fourth-order valence-corrected chi connectivity index (χ4v) is 1.59. The lowest BCUT2D eigenvalue weighted by Crippen LogP contribution is -2.08. The van der Waals surface area contributed by atoms with E-state index in [1.165, 1.54) is 0 Å². The van der Waals surface area contributed by atoms with Crippen molar-refractivity contribution in [1.82, 2.24) is 4.98 Å². The van der Waals surface area contributed by atoms with Crippen LogP contribution in [0.5, 0.6) is 5.88 Å². The first kappa shape index (κ1) is 14.6. The van der Waals surface area contributed by atoms with Crippen molar-refractivity contribution in [3.63, 3.8) is 0 Å². The topological polar surface area (TPSA) is 71.5 Å². The van der Waals surface area contributed by atoms with E-state index in [4.69, 9.17) is 5.11 Å². The molecule has 2 N–H and O–H groups in total. The van der Waals surface area contributed by atoms with Gasteiger partial charge in [0.1, 0.15) is 23.0 Å². The molecule has 1 aromatic carbocycles. The maximum absolute atomic E-state index is 13.5. The molecule has 8 heteroatoms. The van der Waals surface area contributed by atoms with Gasteiger partial charge in [-0.15, -0.1) is 0 Å². The molecule has 1 heterocycles. The fraction of sp³-hybridized carbons (Fsp3) is 0.0769. The number of carboxylic acids is 1. The number of aromatic carboxylic acids is 1. The van der Waals surface area contributed by atoms with Gasteiger partial charge in [0.05, 0.1) is 12.8 Å². The zero-order valence-corrected chi connectivity index (χ0v) is 10.7. The van der Waals surface area contributed by atoms with Crippen LogP contribution in [0.2, 0.25) is 0 Å². The van der Waals surface area contributed by atoms with Crippen molar-refractivity contribution >= 4 is 17.5 Å². The monoisotopic (exact) mass is 298 g/mol. The fourth-order valence-electron chi connectivity index (χ4n) is 1.59. The largest absolute Gasteiger partial charge is 0.479 e. The first-order valence-electron chi connectivity index (χ1n) is 5.62. The number of ether oxygens (including phenoxy) is 1. The predicted molar refractivity (Wildman–Crippen MR) is 67.3 cm³/mol. The maximum atomic E-state index is 13.5. The second kappa shape index (κ2) is 5.70. The number of carbonyl (C=O) groups is 1. The summed E-state index contributed by atoms with van der Waals surface area (Å²) in [4.78, 5) is 14.7. The van der Waals surface area contributed by atoms with Crippen LogP contribution in [0.4, 0.5) is 24.7 Å². The lowest BCUT2D eigenvalue weighted by atomic mass is 10.2. The zero-order valence-electron chi connectivity index (χ0n) is 10.7. The molecule has 0 aliphatic heterocycles. The summed E-state index contributed by atoms with van der Waals surface area (Å²) in [5, 5.41) is 11.4. The molecule has 0 aliphatic carbocycles. The van der Waals surface area contributed by atoms with Gasteiger partial charge in [0.15, 0.2) is 5.82 Å². The number of nitrogens with one attached hydrogen (secondary N) is 1. The van der Waals surface area contributed by atoms with Gasteiger partial charge in [-0.3, -0.25) is 0 Å². The lowest BCUT2D eigenvalue weighted by Gasteiger charge is -2.11. The number of nitrogens with zero attached hydrogens (tertiary/aromatic N) is 1. The van der Waals surface area contributed by atoms with E-state index in [0.717, 1.165) is 19.2 Å². The number of methoxy groups -OCH3 is 1. The van der Waals surface area contributed by atoms with Crippen LogP contribution in [0.3, 0.4) is 0 Å². The molecule has 0 spiro atoms. The SMILES string of the molecule is COc1nc(Nc2ccc(F)cc2F)c(C(=O)O)cc1F. The van der Waals surface area contributed by atoms with Crippen molar-refractivity contribution in [2.75, 3.05) is 12.4 Å². The van der Waals surface area contributed by atoms with E-state index in [9.17, 15) is 18.0 Å². The number of anilines is 2. The lowest BCUT2D eigenvalue weighted by molar-refractivity contribution is 0.0697. The van der Waals surface area contributed by atoms with E-state index in [1.54, 1.807) is 0 Å². The van der Waals surface area contributed by atoms with Crippen LogP contribution in [-0.2, 0) is 0 Å². The average molecular weight is 298 g/mol. The maximum Gasteiger partial charge on any atom is 0.339 e. The van der Waals surface area contributed by atoms with Crippen LogP contribution in [-0.4, -0.2) is 23.2 Å². The third kappa shape index (κ3) is 3.04. The summed E-state index contributed by atoms with van der Waals surface area (Å²) in [6.45, 7) is 0. The first-order valence-corrected chi connectivity index (χ1v) is 5.62. The second-order valence-electron chi connectivity index (χ2n) is 3.93. The molecule has 0 bridgehead atoms. The van der Waals surface area contributed by atoms with Crippen molar-refractivity contribution in [1.29, 1.82) is 0 Å². The molecule has 0 saturated carbocycles. The Balaban J connectivity index is 2.49. The Labute approximate surface area is 117 Å². The Morgan fingerprint density at radius 2 is 1.95 bits per heavy atom. The number of hydrogen-bond acceptors (Lipinski definition) is 4. The van der Waals surface area contributed by atoms with Crippen LogP contribution >= 0.6 is 0 Å². The second-order valence-corrected chi connectivity index (χ2v) is 3.93. The summed E-state index contributed by atoms with van der Waals surface area (Å²) in [7, 11) is 1.15. The van der Waals surface area contributed by atoms with Gasteiger partial charge in [0.25, 0.3) is 5.88 Å². The normalized spacial score (nSPS) is 10.3. The number of pyridine rings is 1. The van der Waals surface area contributed by atoms with E-state index in [-0.39, 0.29) is 11.5 Å². The Morgan fingerprint density at radius 1 is 1.24 bits per heavy atom. The van der Waals surface area contributed by atoms with E-state index in [0.29, 0.717) is 12.1 Å². The third-order valence-corrected chi connectivity index (χ3v) is 2.55. The molecule has 2 aromatic rings. The van der Waals surface area contributed by atoms with Crippen LogP contribution in [0, 0.1) is 17.5 Å². The molecule has 21 heavy (non-hydrogen) atoms. The van der Waals surface area contributed by atoms with E-state index < -0.39 is 34.9 Å². The quantitative estimate of drug-likeness (QED) is 0.908. The molecule has 0 atom stereocenters. The minimum absolute atomic E-state index is 0.208. The third-order valence-electron chi connectivity index (χ3n) is 2.55. The molecule has 0 fully saturated rings. The minimum atomic E-state index is -1.46. The van der Waals surface area contributed by atoms with Crippen LogP contribution in [0.1, 0.15) is 10.4 Å². The Bertz CT molecular complexity index is 707. The molecular weight excluding hydrogens is 289 g/mol. The molecule has 0 saturated heterocycles. The van der Waals surface area contributed by atoms with Crippen molar-refractivity contribution in [3.05, 3.63) is 47.3 Å². The average Bonchev–Trinajstić information content (AvgIpc) is 2.42. The number of aromatic nitrogens is 1. The van der Waals surface area contributed by atoms with Crippen LogP contribution in [0.25, 0.3) is 0 Å². The molecular formula is C13H9F3N2O3. The van der Waals surface area contributed by atoms with E-state index in [2.05, 4.69) is 15.0 Å². The standard InChI is InChI=1S/C13H9F3N2O3/c1-21-12-9(16)5-7(13(19)20)11(18-12)17-10-3-2-6(14)4-8(10)15/h2-5H,1H3,(H,17,18)(H,19,20). The van der Waals surface area contributed by atoms with Gasteiger partial charge in [0, 0.05) is 6.07 Å². The van der Waals surface area contributed by atoms with E-state index in [1.807, 2.05) is 0 Å². The van der Waals surface area contributed by atoms with Gasteiger partial charge in [0.2, 0.25) is 0 Å². The molecule has 0 aliphatic rings. The molecule has 0 amide bonds.